The summed E-state index contributed by atoms with van der Waals surface area (Å²) in [7, 11) is 3.28. The van der Waals surface area contributed by atoms with Crippen molar-refractivity contribution in [3.63, 3.8) is 0 Å². The number of piperidine rings is 1. The summed E-state index contributed by atoms with van der Waals surface area (Å²) in [4.78, 5) is 25.1. The maximum atomic E-state index is 11.7. The number of ether oxygens (including phenoxy) is 1. The van der Waals surface area contributed by atoms with Crippen LogP contribution in [0.3, 0.4) is 0 Å². The van der Waals surface area contributed by atoms with E-state index in [-0.39, 0.29) is 17.9 Å². The van der Waals surface area contributed by atoms with Crippen LogP contribution in [0, 0.1) is 0 Å². The van der Waals surface area contributed by atoms with Crippen LogP contribution in [0.2, 0.25) is 0 Å². The van der Waals surface area contributed by atoms with Crippen LogP contribution in [-0.2, 0) is 14.3 Å². The second-order valence-electron chi connectivity index (χ2n) is 4.96. The molecule has 7 heteroatoms. The summed E-state index contributed by atoms with van der Waals surface area (Å²) in [5.74, 6) is 0.0562. The fourth-order valence-electron chi connectivity index (χ4n) is 2.17. The van der Waals surface area contributed by atoms with E-state index in [0.29, 0.717) is 26.2 Å². The average molecular weight is 286 g/mol. The fraction of sp³-hybridized carbons (Fsp3) is 0.846. The number of nitrogens with zero attached hydrogens (tertiary/aromatic N) is 1. The number of amides is 2. The molecule has 0 saturated carbocycles. The van der Waals surface area contributed by atoms with E-state index in [1.54, 1.807) is 14.2 Å². The Labute approximate surface area is 120 Å². The first-order valence-electron chi connectivity index (χ1n) is 7.07. The molecule has 1 heterocycles. The Hall–Kier alpha value is -1.18. The van der Waals surface area contributed by atoms with Crippen molar-refractivity contribution in [3.05, 3.63) is 0 Å². The molecular weight excluding hydrogens is 260 g/mol. The van der Waals surface area contributed by atoms with Gasteiger partial charge < -0.3 is 20.7 Å². The van der Waals surface area contributed by atoms with Crippen LogP contribution in [0.4, 0.5) is 0 Å². The van der Waals surface area contributed by atoms with Crippen molar-refractivity contribution in [2.45, 2.75) is 18.9 Å². The highest BCUT2D eigenvalue weighted by Gasteiger charge is 2.21. The van der Waals surface area contributed by atoms with Gasteiger partial charge in [-0.05, 0) is 12.8 Å². The molecule has 20 heavy (non-hydrogen) atoms. The van der Waals surface area contributed by atoms with E-state index in [2.05, 4.69) is 20.9 Å². The van der Waals surface area contributed by atoms with Gasteiger partial charge in [-0.15, -0.1) is 0 Å². The summed E-state index contributed by atoms with van der Waals surface area (Å²) in [6.45, 7) is 3.72. The number of carbonyl (C=O) groups is 2. The number of likely N-dealkylation sites (tertiary alicyclic amines) is 1. The van der Waals surface area contributed by atoms with E-state index >= 15 is 0 Å². The van der Waals surface area contributed by atoms with Crippen molar-refractivity contribution in [2.24, 2.45) is 0 Å². The highest BCUT2D eigenvalue weighted by molar-refractivity contribution is 5.78. The summed E-state index contributed by atoms with van der Waals surface area (Å²) in [5.41, 5.74) is 0. The van der Waals surface area contributed by atoms with Crippen molar-refractivity contribution in [3.8, 4) is 0 Å². The molecule has 0 aromatic carbocycles. The lowest BCUT2D eigenvalue weighted by atomic mass is 10.1. The summed E-state index contributed by atoms with van der Waals surface area (Å²) >= 11 is 0. The van der Waals surface area contributed by atoms with Gasteiger partial charge in [0.15, 0.2) is 0 Å². The third-order valence-electron chi connectivity index (χ3n) is 3.37. The molecular formula is C13H26N4O3. The van der Waals surface area contributed by atoms with Gasteiger partial charge in [-0.1, -0.05) is 0 Å². The number of carbonyl (C=O) groups excluding carboxylic acids is 2. The number of methoxy groups -OCH3 is 1. The van der Waals surface area contributed by atoms with Gasteiger partial charge in [0.2, 0.25) is 11.8 Å². The number of rotatable bonds is 8. The molecule has 7 nitrogen and oxygen atoms in total. The predicted octanol–water partition coefficient (Wildman–Crippen LogP) is -1.45. The van der Waals surface area contributed by atoms with Crippen molar-refractivity contribution in [1.29, 1.82) is 0 Å². The van der Waals surface area contributed by atoms with Gasteiger partial charge in [-0.2, -0.15) is 0 Å². The lowest BCUT2D eigenvalue weighted by Gasteiger charge is -2.31. The number of hydrogen-bond acceptors (Lipinski definition) is 5. The molecule has 1 rings (SSSR count). The molecule has 2 amide bonds. The fourth-order valence-corrected chi connectivity index (χ4v) is 2.17. The van der Waals surface area contributed by atoms with E-state index in [4.69, 9.17) is 4.74 Å². The standard InChI is InChI=1S/C13H26N4O3/c1-14-13(19)10-17-6-3-11(4-7-17)16-12(18)9-15-5-8-20-2/h11,15H,3-10H2,1-2H3,(H,14,19)(H,16,18). The SMILES string of the molecule is CNC(=O)CN1CCC(NC(=O)CNCCOC)CC1. The second-order valence-corrected chi connectivity index (χ2v) is 4.96. The van der Waals surface area contributed by atoms with Crippen LogP contribution in [0.25, 0.3) is 0 Å². The lowest BCUT2D eigenvalue weighted by Crippen LogP contribution is -2.48. The van der Waals surface area contributed by atoms with Crippen LogP contribution < -0.4 is 16.0 Å². The number of nitrogens with one attached hydrogen (secondary N) is 3. The van der Waals surface area contributed by atoms with Crippen LogP contribution in [0.1, 0.15) is 12.8 Å². The van der Waals surface area contributed by atoms with E-state index < -0.39 is 0 Å². The van der Waals surface area contributed by atoms with Crippen LogP contribution >= 0.6 is 0 Å². The predicted molar refractivity (Wildman–Crippen MR) is 76.4 cm³/mol. The summed E-state index contributed by atoms with van der Waals surface area (Å²) in [6, 6.07) is 0.215. The number of hydrogen-bond donors (Lipinski definition) is 3. The minimum Gasteiger partial charge on any atom is -0.383 e. The van der Waals surface area contributed by atoms with E-state index in [1.165, 1.54) is 0 Å². The van der Waals surface area contributed by atoms with Gasteiger partial charge >= 0.3 is 0 Å². The van der Waals surface area contributed by atoms with Crippen LogP contribution in [-0.4, -0.2) is 76.2 Å². The lowest BCUT2D eigenvalue weighted by molar-refractivity contribution is -0.123. The third kappa shape index (κ3) is 6.83. The molecule has 3 N–H and O–H groups in total. The molecule has 1 saturated heterocycles. The van der Waals surface area contributed by atoms with Crippen molar-refractivity contribution < 1.29 is 14.3 Å². The largest absolute Gasteiger partial charge is 0.383 e. The molecule has 0 aliphatic carbocycles. The Bertz CT molecular complexity index is 304. The molecule has 0 aromatic rings. The Morgan fingerprint density at radius 1 is 1.25 bits per heavy atom. The van der Waals surface area contributed by atoms with Crippen molar-refractivity contribution in [1.82, 2.24) is 20.9 Å². The molecule has 0 unspecified atom stereocenters. The molecule has 0 radical (unpaired) electrons. The van der Waals surface area contributed by atoms with Crippen molar-refractivity contribution >= 4 is 11.8 Å². The molecule has 1 fully saturated rings. The Morgan fingerprint density at radius 3 is 2.55 bits per heavy atom. The van der Waals surface area contributed by atoms with Gasteiger partial charge in [0.25, 0.3) is 0 Å². The van der Waals surface area contributed by atoms with E-state index in [1.807, 2.05) is 0 Å². The molecule has 0 atom stereocenters. The quantitative estimate of drug-likeness (QED) is 0.476. The third-order valence-corrected chi connectivity index (χ3v) is 3.37. The molecule has 0 aromatic heterocycles. The van der Waals surface area contributed by atoms with Crippen LogP contribution in [0.15, 0.2) is 0 Å². The maximum absolute atomic E-state index is 11.7. The summed E-state index contributed by atoms with van der Waals surface area (Å²) in [6.07, 6.45) is 1.78. The Balaban J connectivity index is 2.12. The van der Waals surface area contributed by atoms with E-state index in [9.17, 15) is 9.59 Å². The summed E-state index contributed by atoms with van der Waals surface area (Å²) < 4.78 is 4.89. The highest BCUT2D eigenvalue weighted by atomic mass is 16.5. The van der Waals surface area contributed by atoms with Gasteiger partial charge in [0.1, 0.15) is 0 Å². The first-order valence-corrected chi connectivity index (χ1v) is 7.07. The smallest absolute Gasteiger partial charge is 0.234 e. The maximum Gasteiger partial charge on any atom is 0.234 e. The Morgan fingerprint density at radius 2 is 1.95 bits per heavy atom. The minimum atomic E-state index is 0.0193. The van der Waals surface area contributed by atoms with E-state index in [0.717, 1.165) is 25.9 Å². The van der Waals surface area contributed by atoms with Crippen LogP contribution in [0.5, 0.6) is 0 Å². The molecule has 116 valence electrons. The highest BCUT2D eigenvalue weighted by Crippen LogP contribution is 2.09. The van der Waals surface area contributed by atoms with Gasteiger partial charge in [-0.3, -0.25) is 14.5 Å². The zero-order chi connectivity index (χ0) is 14.8. The molecule has 0 bridgehead atoms. The topological polar surface area (TPSA) is 82.7 Å². The van der Waals surface area contributed by atoms with Crippen molar-refractivity contribution in [2.75, 3.05) is 53.5 Å². The second kappa shape index (κ2) is 9.68. The van der Waals surface area contributed by atoms with Gasteiger partial charge in [0.05, 0.1) is 19.7 Å². The van der Waals surface area contributed by atoms with Gasteiger partial charge in [0, 0.05) is 39.8 Å². The zero-order valence-corrected chi connectivity index (χ0v) is 12.4. The van der Waals surface area contributed by atoms with Gasteiger partial charge in [-0.25, -0.2) is 0 Å². The number of likely N-dealkylation sites (N-methyl/N-ethyl adjacent to an activating group) is 1. The zero-order valence-electron chi connectivity index (χ0n) is 12.4. The molecule has 1 aliphatic rings. The monoisotopic (exact) mass is 286 g/mol. The first-order chi connectivity index (χ1) is 9.65. The molecule has 1 aliphatic heterocycles. The summed E-state index contributed by atoms with van der Waals surface area (Å²) in [5, 5.41) is 8.65. The first kappa shape index (κ1) is 16.9. The normalized spacial score (nSPS) is 16.9. The Kier molecular flexibility index (Phi) is 8.17. The molecule has 0 spiro atoms. The average Bonchev–Trinajstić information content (AvgIpc) is 2.45. The minimum absolute atomic E-state index is 0.0193.